The number of ether oxygens (including phenoxy) is 2. The lowest BCUT2D eigenvalue weighted by molar-refractivity contribution is -0.113. The molecule has 1 saturated heterocycles. The molecule has 1 unspecified atom stereocenters. The molecule has 0 bridgehead atoms. The average molecular weight is 462 g/mol. The van der Waals surface area contributed by atoms with Crippen LogP contribution in [-0.4, -0.2) is 23.4 Å². The van der Waals surface area contributed by atoms with Crippen LogP contribution in [0.4, 0.5) is 5.69 Å². The summed E-state index contributed by atoms with van der Waals surface area (Å²) in [7, 11) is 0. The van der Waals surface area contributed by atoms with Crippen LogP contribution in [0.2, 0.25) is 0 Å². The molecule has 4 rings (SSSR count). The van der Waals surface area contributed by atoms with Crippen molar-refractivity contribution in [1.29, 1.82) is 0 Å². The number of thioether (sulfide) groups is 1. The quantitative estimate of drug-likeness (QED) is 0.296. The second-order valence-electron chi connectivity index (χ2n) is 7.46. The monoisotopic (exact) mass is 461 g/mol. The van der Waals surface area contributed by atoms with E-state index in [0.29, 0.717) is 22.4 Å². The summed E-state index contributed by atoms with van der Waals surface area (Å²) in [6.45, 7) is 3.24. The highest BCUT2D eigenvalue weighted by Crippen LogP contribution is 2.36. The molecule has 1 fully saturated rings. The molecular weight excluding hydrogens is 438 g/mol. The van der Waals surface area contributed by atoms with Crippen LogP contribution >= 0.6 is 24.0 Å². The zero-order valence-corrected chi connectivity index (χ0v) is 19.3. The number of nitrogens with zero attached hydrogens (tertiary/aromatic N) is 1. The third-order valence-electron chi connectivity index (χ3n) is 4.80. The second kappa shape index (κ2) is 10.5. The molecule has 0 saturated carbocycles. The molecular formula is C26H23NO3S2. The zero-order valence-electron chi connectivity index (χ0n) is 17.6. The minimum atomic E-state index is -0.0984. The SMILES string of the molecule is CC(COc1ccccc1)COc1ccc(/C=C2/SC(=S)N(c3ccccc3)C2=O)cc1. The van der Waals surface area contributed by atoms with Gasteiger partial charge in [-0.05, 0) is 48.0 Å². The Balaban J connectivity index is 1.32. The minimum Gasteiger partial charge on any atom is -0.493 e. The van der Waals surface area contributed by atoms with Gasteiger partial charge in [0, 0.05) is 5.92 Å². The van der Waals surface area contributed by atoms with E-state index >= 15 is 0 Å². The number of rotatable bonds is 8. The standard InChI is InChI=1S/C26H23NO3S2/c1-19(17-29-22-10-6-3-7-11-22)18-30-23-14-12-20(13-15-23)16-24-25(28)27(26(31)32-24)21-8-4-2-5-9-21/h2-16,19H,17-18H2,1H3/b24-16+. The summed E-state index contributed by atoms with van der Waals surface area (Å²) >= 11 is 6.74. The third kappa shape index (κ3) is 5.58. The van der Waals surface area contributed by atoms with Crippen LogP contribution in [-0.2, 0) is 4.79 Å². The Hall–Kier alpha value is -3.09. The molecule has 1 atom stereocenters. The van der Waals surface area contributed by atoms with Crippen LogP contribution < -0.4 is 14.4 Å². The number of amides is 1. The lowest BCUT2D eigenvalue weighted by Gasteiger charge is -2.14. The number of carbonyl (C=O) groups excluding carboxylic acids is 1. The molecule has 3 aromatic carbocycles. The summed E-state index contributed by atoms with van der Waals surface area (Å²) in [6.07, 6.45) is 1.86. The lowest BCUT2D eigenvalue weighted by atomic mass is 10.2. The van der Waals surface area contributed by atoms with E-state index in [1.54, 1.807) is 4.90 Å². The summed E-state index contributed by atoms with van der Waals surface area (Å²) < 4.78 is 12.2. The van der Waals surface area contributed by atoms with Crippen LogP contribution in [0.1, 0.15) is 12.5 Å². The van der Waals surface area contributed by atoms with Crippen LogP contribution in [0.15, 0.2) is 89.8 Å². The molecule has 1 heterocycles. The third-order valence-corrected chi connectivity index (χ3v) is 6.10. The minimum absolute atomic E-state index is 0.0984. The van der Waals surface area contributed by atoms with E-state index in [1.165, 1.54) is 11.8 Å². The molecule has 1 amide bonds. The van der Waals surface area contributed by atoms with Gasteiger partial charge in [0.1, 0.15) is 11.5 Å². The lowest BCUT2D eigenvalue weighted by Crippen LogP contribution is -2.27. The summed E-state index contributed by atoms with van der Waals surface area (Å²) in [5.74, 6) is 1.79. The highest BCUT2D eigenvalue weighted by atomic mass is 32.2. The van der Waals surface area contributed by atoms with Crippen molar-refractivity contribution >= 4 is 46.0 Å². The predicted molar refractivity (Wildman–Crippen MR) is 135 cm³/mol. The first-order chi connectivity index (χ1) is 15.6. The summed E-state index contributed by atoms with van der Waals surface area (Å²) in [5.41, 5.74) is 1.71. The smallest absolute Gasteiger partial charge is 0.270 e. The van der Waals surface area contributed by atoms with Crippen LogP contribution in [0, 0.1) is 5.92 Å². The molecule has 0 aromatic heterocycles. The Morgan fingerprint density at radius 1 is 0.875 bits per heavy atom. The van der Waals surface area contributed by atoms with Gasteiger partial charge in [-0.3, -0.25) is 9.69 Å². The van der Waals surface area contributed by atoms with Gasteiger partial charge in [-0.25, -0.2) is 0 Å². The topological polar surface area (TPSA) is 38.8 Å². The highest BCUT2D eigenvalue weighted by Gasteiger charge is 2.33. The van der Waals surface area contributed by atoms with Crippen molar-refractivity contribution in [2.75, 3.05) is 18.1 Å². The van der Waals surface area contributed by atoms with E-state index in [1.807, 2.05) is 91.0 Å². The molecule has 0 radical (unpaired) electrons. The van der Waals surface area contributed by atoms with E-state index in [4.69, 9.17) is 21.7 Å². The molecule has 0 aliphatic carbocycles. The zero-order chi connectivity index (χ0) is 22.3. The van der Waals surface area contributed by atoms with Gasteiger partial charge in [-0.1, -0.05) is 79.4 Å². The van der Waals surface area contributed by atoms with Gasteiger partial charge in [0.2, 0.25) is 0 Å². The summed E-state index contributed by atoms with van der Waals surface area (Å²) in [4.78, 5) is 15.0. The molecule has 4 nitrogen and oxygen atoms in total. The van der Waals surface area contributed by atoms with Crippen molar-refractivity contribution in [2.24, 2.45) is 5.92 Å². The number of hydrogen-bond donors (Lipinski definition) is 0. The van der Waals surface area contributed by atoms with Gasteiger partial charge in [-0.2, -0.15) is 0 Å². The van der Waals surface area contributed by atoms with Gasteiger partial charge in [0.05, 0.1) is 23.8 Å². The Kier molecular flexibility index (Phi) is 7.24. The number of para-hydroxylation sites is 2. The van der Waals surface area contributed by atoms with Gasteiger partial charge < -0.3 is 9.47 Å². The van der Waals surface area contributed by atoms with Crippen molar-refractivity contribution in [1.82, 2.24) is 0 Å². The van der Waals surface area contributed by atoms with Crippen molar-refractivity contribution in [3.63, 3.8) is 0 Å². The van der Waals surface area contributed by atoms with Gasteiger partial charge in [-0.15, -0.1) is 0 Å². The van der Waals surface area contributed by atoms with E-state index in [0.717, 1.165) is 22.7 Å². The maximum Gasteiger partial charge on any atom is 0.270 e. The van der Waals surface area contributed by atoms with Gasteiger partial charge in [0.25, 0.3) is 5.91 Å². The maximum atomic E-state index is 12.8. The molecule has 162 valence electrons. The first-order valence-corrected chi connectivity index (χ1v) is 11.6. The fourth-order valence-corrected chi connectivity index (χ4v) is 4.42. The molecule has 3 aromatic rings. The van der Waals surface area contributed by atoms with Crippen molar-refractivity contribution in [3.05, 3.63) is 95.4 Å². The van der Waals surface area contributed by atoms with E-state index in [2.05, 4.69) is 6.92 Å². The molecule has 0 N–H and O–H groups in total. The average Bonchev–Trinajstić information content (AvgIpc) is 3.11. The second-order valence-corrected chi connectivity index (χ2v) is 9.14. The molecule has 1 aliphatic rings. The van der Waals surface area contributed by atoms with Gasteiger partial charge in [0.15, 0.2) is 4.32 Å². The first kappa shape index (κ1) is 22.1. The molecule has 0 spiro atoms. The Morgan fingerprint density at radius 2 is 1.44 bits per heavy atom. The Labute approximate surface area is 197 Å². The first-order valence-electron chi connectivity index (χ1n) is 10.3. The Bertz CT molecular complexity index is 1100. The fourth-order valence-electron chi connectivity index (χ4n) is 3.12. The number of hydrogen-bond acceptors (Lipinski definition) is 5. The molecule has 1 aliphatic heterocycles. The van der Waals surface area contributed by atoms with Crippen molar-refractivity contribution in [2.45, 2.75) is 6.92 Å². The predicted octanol–water partition coefficient (Wildman–Crippen LogP) is 6.19. The summed E-state index contributed by atoms with van der Waals surface area (Å²) in [5, 5.41) is 0. The van der Waals surface area contributed by atoms with Crippen LogP contribution in [0.25, 0.3) is 6.08 Å². The number of anilines is 1. The molecule has 32 heavy (non-hydrogen) atoms. The highest BCUT2D eigenvalue weighted by molar-refractivity contribution is 8.27. The molecule has 6 heteroatoms. The van der Waals surface area contributed by atoms with Gasteiger partial charge >= 0.3 is 0 Å². The largest absolute Gasteiger partial charge is 0.493 e. The Morgan fingerprint density at radius 3 is 2.06 bits per heavy atom. The maximum absolute atomic E-state index is 12.8. The fraction of sp³-hybridized carbons (Fsp3) is 0.154. The van der Waals surface area contributed by atoms with Crippen LogP contribution in [0.3, 0.4) is 0 Å². The van der Waals surface area contributed by atoms with E-state index in [-0.39, 0.29) is 11.8 Å². The number of benzene rings is 3. The normalized spacial score (nSPS) is 15.8. The van der Waals surface area contributed by atoms with E-state index in [9.17, 15) is 4.79 Å². The van der Waals surface area contributed by atoms with Crippen molar-refractivity contribution in [3.8, 4) is 11.5 Å². The van der Waals surface area contributed by atoms with Crippen LogP contribution in [0.5, 0.6) is 11.5 Å². The van der Waals surface area contributed by atoms with E-state index < -0.39 is 0 Å². The number of carbonyl (C=O) groups is 1. The van der Waals surface area contributed by atoms with Crippen molar-refractivity contribution < 1.29 is 14.3 Å². The summed E-state index contributed by atoms with van der Waals surface area (Å²) in [6, 6.07) is 26.9. The number of thiocarbonyl (C=S) groups is 1.